The van der Waals surface area contributed by atoms with Crippen molar-refractivity contribution in [3.63, 3.8) is 0 Å². The van der Waals surface area contributed by atoms with Gasteiger partial charge in [-0.3, -0.25) is 4.21 Å². The average molecular weight is 264 g/mol. The summed E-state index contributed by atoms with van der Waals surface area (Å²) in [6, 6.07) is -0.472. The van der Waals surface area contributed by atoms with Crippen LogP contribution in [-0.4, -0.2) is 57.0 Å². The van der Waals surface area contributed by atoms with Crippen molar-refractivity contribution in [1.29, 1.82) is 0 Å². The molecule has 0 aliphatic rings. The van der Waals surface area contributed by atoms with Gasteiger partial charge in [-0.2, -0.15) is 0 Å². The van der Waals surface area contributed by atoms with Crippen molar-refractivity contribution in [2.24, 2.45) is 0 Å². The first-order valence-corrected chi connectivity index (χ1v) is 7.02. The van der Waals surface area contributed by atoms with Gasteiger partial charge in [-0.25, -0.2) is 4.79 Å². The van der Waals surface area contributed by atoms with Crippen LogP contribution < -0.4 is 5.32 Å². The van der Waals surface area contributed by atoms with E-state index < -0.39 is 10.8 Å². The molecule has 2 amide bonds. The van der Waals surface area contributed by atoms with Crippen LogP contribution in [0.15, 0.2) is 0 Å². The average Bonchev–Trinajstić information content (AvgIpc) is 2.25. The fourth-order valence-electron chi connectivity index (χ4n) is 1.00. The van der Waals surface area contributed by atoms with Crippen LogP contribution >= 0.6 is 0 Å². The van der Waals surface area contributed by atoms with E-state index in [9.17, 15) is 9.00 Å². The quantitative estimate of drug-likeness (QED) is 0.762. The molecule has 0 aliphatic carbocycles. The highest BCUT2D eigenvalue weighted by atomic mass is 32.2. The smallest absolute Gasteiger partial charge is 0.317 e. The number of hydrogen-bond acceptors (Lipinski definition) is 3. The molecule has 102 valence electrons. The Morgan fingerprint density at radius 3 is 2.41 bits per heavy atom. The van der Waals surface area contributed by atoms with Gasteiger partial charge in [-0.1, -0.05) is 0 Å². The second-order valence-corrected chi connectivity index (χ2v) is 7.36. The van der Waals surface area contributed by atoms with E-state index in [4.69, 9.17) is 5.11 Å². The second kappa shape index (κ2) is 6.96. The summed E-state index contributed by atoms with van der Waals surface area (Å²) in [6.07, 6.45) is 0. The minimum Gasteiger partial charge on any atom is -0.394 e. The fourth-order valence-corrected chi connectivity index (χ4v) is 1.90. The van der Waals surface area contributed by atoms with E-state index in [1.807, 2.05) is 20.8 Å². The van der Waals surface area contributed by atoms with E-state index in [1.54, 1.807) is 14.0 Å². The van der Waals surface area contributed by atoms with Gasteiger partial charge in [0.2, 0.25) is 0 Å². The molecule has 17 heavy (non-hydrogen) atoms. The molecule has 0 heterocycles. The monoisotopic (exact) mass is 264 g/mol. The van der Waals surface area contributed by atoms with Gasteiger partial charge in [0.25, 0.3) is 0 Å². The first kappa shape index (κ1) is 16.4. The third kappa shape index (κ3) is 6.02. The number of aliphatic hydroxyl groups is 1. The molecule has 0 aromatic heterocycles. The number of nitrogens with one attached hydrogen (secondary N) is 1. The fraction of sp³-hybridized carbons (Fsp3) is 0.909. The molecule has 0 saturated heterocycles. The zero-order chi connectivity index (χ0) is 13.6. The maximum Gasteiger partial charge on any atom is 0.317 e. The summed E-state index contributed by atoms with van der Waals surface area (Å²) in [7, 11) is 0.660. The zero-order valence-corrected chi connectivity index (χ0v) is 12.1. The van der Waals surface area contributed by atoms with Crippen molar-refractivity contribution in [3.8, 4) is 0 Å². The summed E-state index contributed by atoms with van der Waals surface area (Å²) >= 11 is 0. The predicted octanol–water partition coefficient (Wildman–Crippen LogP) is 0.556. The largest absolute Gasteiger partial charge is 0.394 e. The summed E-state index contributed by atoms with van der Waals surface area (Å²) < 4.78 is 11.5. The molecule has 0 fully saturated rings. The Morgan fingerprint density at radius 1 is 1.47 bits per heavy atom. The Labute approximate surface area is 106 Å². The number of urea groups is 1. The van der Waals surface area contributed by atoms with Crippen LogP contribution in [0.4, 0.5) is 4.79 Å². The zero-order valence-electron chi connectivity index (χ0n) is 11.3. The molecule has 5 nitrogen and oxygen atoms in total. The molecule has 2 unspecified atom stereocenters. The molecule has 0 spiro atoms. The molecule has 2 atom stereocenters. The Balaban J connectivity index is 3.98. The van der Waals surface area contributed by atoms with Crippen molar-refractivity contribution in [3.05, 3.63) is 0 Å². The predicted molar refractivity (Wildman–Crippen MR) is 70.5 cm³/mol. The number of rotatable bonds is 5. The molecule has 0 aromatic rings. The standard InChI is InChI=1S/C11H24N2O3S/c1-9(8-14)13(5)10(15)12-6-7-17(16)11(2,3)4/h9,14H,6-8H2,1-5H3,(H,12,15). The SMILES string of the molecule is CC(CO)N(C)C(=O)NCCS(=O)C(C)(C)C. The number of nitrogens with zero attached hydrogens (tertiary/aromatic N) is 1. The van der Waals surface area contributed by atoms with Gasteiger partial charge in [-0.05, 0) is 27.7 Å². The van der Waals surface area contributed by atoms with Crippen LogP contribution in [-0.2, 0) is 10.8 Å². The van der Waals surface area contributed by atoms with E-state index in [0.717, 1.165) is 0 Å². The minimum absolute atomic E-state index is 0.0716. The molecule has 0 saturated carbocycles. The number of carbonyl (C=O) groups excluding carboxylic acids is 1. The Kier molecular flexibility index (Phi) is 6.70. The Bertz CT molecular complexity index is 276. The lowest BCUT2D eigenvalue weighted by atomic mass is 10.3. The normalized spacial score (nSPS) is 15.2. The van der Waals surface area contributed by atoms with Crippen molar-refractivity contribution >= 4 is 16.8 Å². The van der Waals surface area contributed by atoms with Gasteiger partial charge in [-0.15, -0.1) is 0 Å². The van der Waals surface area contributed by atoms with Gasteiger partial charge in [0, 0.05) is 34.9 Å². The minimum atomic E-state index is -0.962. The summed E-state index contributed by atoms with van der Waals surface area (Å²) in [5.74, 6) is 0.441. The van der Waals surface area contributed by atoms with Gasteiger partial charge >= 0.3 is 6.03 Å². The summed E-state index contributed by atoms with van der Waals surface area (Å²) in [4.78, 5) is 13.0. The summed E-state index contributed by atoms with van der Waals surface area (Å²) in [5.41, 5.74) is 0. The van der Waals surface area contributed by atoms with Crippen molar-refractivity contribution in [1.82, 2.24) is 10.2 Å². The lowest BCUT2D eigenvalue weighted by Crippen LogP contribution is -2.45. The number of amides is 2. The first-order chi connectivity index (χ1) is 7.70. The van der Waals surface area contributed by atoms with E-state index in [1.165, 1.54) is 4.90 Å². The van der Waals surface area contributed by atoms with Gasteiger partial charge in [0.15, 0.2) is 0 Å². The molecule has 0 rings (SSSR count). The Morgan fingerprint density at radius 2 is 2.00 bits per heavy atom. The number of likely N-dealkylation sites (N-methyl/N-ethyl adjacent to an activating group) is 1. The highest BCUT2D eigenvalue weighted by Gasteiger charge is 2.19. The van der Waals surface area contributed by atoms with E-state index in [-0.39, 0.29) is 23.4 Å². The maximum atomic E-state index is 11.7. The lowest BCUT2D eigenvalue weighted by Gasteiger charge is -2.24. The van der Waals surface area contributed by atoms with E-state index in [2.05, 4.69) is 5.32 Å². The van der Waals surface area contributed by atoms with E-state index in [0.29, 0.717) is 12.3 Å². The van der Waals surface area contributed by atoms with Crippen LogP contribution in [0, 0.1) is 0 Å². The Hall–Kier alpha value is -0.620. The highest BCUT2D eigenvalue weighted by molar-refractivity contribution is 7.86. The molecule has 0 aromatic carbocycles. The third-order valence-corrected chi connectivity index (χ3v) is 4.43. The van der Waals surface area contributed by atoms with Crippen molar-refractivity contribution in [2.45, 2.75) is 38.5 Å². The second-order valence-electron chi connectivity index (χ2n) is 5.04. The molecule has 2 N–H and O–H groups in total. The third-order valence-electron chi connectivity index (χ3n) is 2.49. The number of aliphatic hydroxyl groups excluding tert-OH is 1. The topological polar surface area (TPSA) is 69.6 Å². The molecule has 0 aliphatic heterocycles. The van der Waals surface area contributed by atoms with Gasteiger partial charge in [0.1, 0.15) is 0 Å². The number of hydrogen-bond donors (Lipinski definition) is 2. The van der Waals surface area contributed by atoms with E-state index >= 15 is 0 Å². The summed E-state index contributed by atoms with van der Waals surface area (Å²) in [6.45, 7) is 7.79. The van der Waals surface area contributed by atoms with Crippen molar-refractivity contribution in [2.75, 3.05) is 26.0 Å². The molecule has 6 heteroatoms. The van der Waals surface area contributed by atoms with Crippen molar-refractivity contribution < 1.29 is 14.1 Å². The molecular weight excluding hydrogens is 240 g/mol. The van der Waals surface area contributed by atoms with Gasteiger partial charge < -0.3 is 15.3 Å². The molecular formula is C11H24N2O3S. The summed E-state index contributed by atoms with van der Waals surface area (Å²) in [5, 5.41) is 11.6. The molecule has 0 bridgehead atoms. The van der Waals surface area contributed by atoms with Crippen LogP contribution in [0.25, 0.3) is 0 Å². The van der Waals surface area contributed by atoms with Gasteiger partial charge in [0.05, 0.1) is 12.6 Å². The first-order valence-electron chi connectivity index (χ1n) is 5.70. The number of carbonyl (C=O) groups is 1. The highest BCUT2D eigenvalue weighted by Crippen LogP contribution is 2.10. The molecule has 0 radical (unpaired) electrons. The van der Waals surface area contributed by atoms with Crippen LogP contribution in [0.1, 0.15) is 27.7 Å². The van der Waals surface area contributed by atoms with Crippen LogP contribution in [0.5, 0.6) is 0 Å². The lowest BCUT2D eigenvalue weighted by molar-refractivity contribution is 0.158. The maximum absolute atomic E-state index is 11.7. The van der Waals surface area contributed by atoms with Crippen LogP contribution in [0.3, 0.4) is 0 Å². The van der Waals surface area contributed by atoms with Crippen LogP contribution in [0.2, 0.25) is 0 Å².